The molecule has 0 spiro atoms. The maximum Gasteiger partial charge on any atom is 0.269 e. The minimum atomic E-state index is -3.38. The third kappa shape index (κ3) is 6.10. The summed E-state index contributed by atoms with van der Waals surface area (Å²) in [7, 11) is -3.31. The van der Waals surface area contributed by atoms with Crippen molar-refractivity contribution in [2.75, 3.05) is 6.26 Å². The third-order valence-corrected chi connectivity index (χ3v) is 5.58. The number of carbonyl (C=O) groups is 2. The van der Waals surface area contributed by atoms with Crippen molar-refractivity contribution in [3.63, 3.8) is 0 Å². The Hall–Kier alpha value is -3.33. The lowest BCUT2D eigenvalue weighted by Gasteiger charge is -2.30. The highest BCUT2D eigenvalue weighted by atomic mass is 32.2. The smallest absolute Gasteiger partial charge is 0.269 e. The van der Waals surface area contributed by atoms with Gasteiger partial charge in [-0.2, -0.15) is 0 Å². The van der Waals surface area contributed by atoms with Gasteiger partial charge in [0.1, 0.15) is 6.04 Å². The normalized spacial score (nSPS) is 14.0. The van der Waals surface area contributed by atoms with Crippen LogP contribution < -0.4 is 10.8 Å². The monoisotopic (exact) mass is 466 g/mol. The first-order chi connectivity index (χ1) is 14.9. The maximum atomic E-state index is 13.1. The molecule has 2 atom stereocenters. The van der Waals surface area contributed by atoms with Gasteiger partial charge in [0.25, 0.3) is 18.2 Å². The lowest BCUT2D eigenvalue weighted by molar-refractivity contribution is -0.149. The van der Waals surface area contributed by atoms with Crippen LogP contribution >= 0.6 is 0 Å². The van der Waals surface area contributed by atoms with Gasteiger partial charge in [0.05, 0.1) is 4.90 Å². The van der Waals surface area contributed by atoms with Crippen LogP contribution in [0.1, 0.15) is 28.4 Å². The molecule has 2 rings (SSSR count). The molecule has 8 nitrogen and oxygen atoms in total. The van der Waals surface area contributed by atoms with Crippen molar-refractivity contribution in [2.45, 2.75) is 29.9 Å². The van der Waals surface area contributed by atoms with Crippen LogP contribution in [0.2, 0.25) is 0 Å². The number of amides is 2. The van der Waals surface area contributed by atoms with Crippen LogP contribution in [-0.2, 0) is 14.6 Å². The minimum absolute atomic E-state index is 0.00568. The van der Waals surface area contributed by atoms with Crippen LogP contribution in [-0.4, -0.2) is 54.9 Å². The summed E-state index contributed by atoms with van der Waals surface area (Å²) in [6.07, 6.45) is -2.28. The van der Waals surface area contributed by atoms with E-state index in [0.717, 1.165) is 11.7 Å². The molecule has 2 amide bonds. The van der Waals surface area contributed by atoms with E-state index in [9.17, 15) is 31.9 Å². The number of carbonyl (C=O) groups excluding carboxylic acids is 2. The molecule has 32 heavy (non-hydrogen) atoms. The van der Waals surface area contributed by atoms with Gasteiger partial charge in [-0.1, -0.05) is 11.8 Å². The molecule has 0 aliphatic rings. The van der Waals surface area contributed by atoms with Crippen molar-refractivity contribution in [2.24, 2.45) is 0 Å². The molecule has 0 saturated heterocycles. The van der Waals surface area contributed by atoms with E-state index in [1.54, 1.807) is 12.1 Å². The van der Waals surface area contributed by atoms with E-state index in [1.165, 1.54) is 36.4 Å². The van der Waals surface area contributed by atoms with E-state index in [-0.39, 0.29) is 10.5 Å². The van der Waals surface area contributed by atoms with Gasteiger partial charge in [-0.3, -0.25) is 14.8 Å². The predicted octanol–water partition coefficient (Wildman–Crippen LogP) is 1.11. The zero-order valence-electron chi connectivity index (χ0n) is 17.0. The number of hydrogen-bond acceptors (Lipinski definition) is 6. The van der Waals surface area contributed by atoms with Crippen LogP contribution in [0.4, 0.5) is 8.78 Å². The average Bonchev–Trinajstić information content (AvgIpc) is 2.75. The summed E-state index contributed by atoms with van der Waals surface area (Å²) in [4.78, 5) is 24.2. The molecule has 0 aliphatic carbocycles. The predicted molar refractivity (Wildman–Crippen MR) is 110 cm³/mol. The second-order valence-corrected chi connectivity index (χ2v) is 9.05. The van der Waals surface area contributed by atoms with E-state index in [0.29, 0.717) is 18.1 Å². The highest BCUT2D eigenvalue weighted by Crippen LogP contribution is 2.20. The van der Waals surface area contributed by atoms with Crippen molar-refractivity contribution in [3.8, 4) is 11.8 Å². The number of halogens is 2. The first-order valence-corrected chi connectivity index (χ1v) is 10.9. The van der Waals surface area contributed by atoms with Crippen LogP contribution in [0.25, 0.3) is 0 Å². The van der Waals surface area contributed by atoms with Crippen molar-refractivity contribution >= 4 is 21.7 Å². The summed E-state index contributed by atoms with van der Waals surface area (Å²) in [5.74, 6) is 3.31. The molecule has 0 saturated carbocycles. The Kier molecular flexibility index (Phi) is 7.69. The minimum Gasteiger partial charge on any atom is -0.381 e. The number of rotatable bonds is 6. The lowest BCUT2D eigenvalue weighted by Crippen LogP contribution is -2.61. The Balaban J connectivity index is 2.16. The average molecular weight is 466 g/mol. The zero-order valence-corrected chi connectivity index (χ0v) is 17.8. The Labute approximate surface area is 183 Å². The molecule has 11 heteroatoms. The number of benzene rings is 2. The van der Waals surface area contributed by atoms with Crippen LogP contribution in [0.3, 0.4) is 0 Å². The van der Waals surface area contributed by atoms with Crippen molar-refractivity contribution in [3.05, 3.63) is 65.2 Å². The van der Waals surface area contributed by atoms with E-state index in [4.69, 9.17) is 5.21 Å². The summed E-state index contributed by atoms with van der Waals surface area (Å²) in [5, 5.41) is 20.5. The van der Waals surface area contributed by atoms with Gasteiger partial charge in [0, 0.05) is 22.9 Å². The van der Waals surface area contributed by atoms with Gasteiger partial charge in [-0.15, -0.1) is 0 Å². The molecule has 2 aromatic carbocycles. The van der Waals surface area contributed by atoms with Crippen molar-refractivity contribution in [1.82, 2.24) is 10.8 Å². The zero-order chi connectivity index (χ0) is 24.1. The second kappa shape index (κ2) is 9.86. The van der Waals surface area contributed by atoms with Crippen LogP contribution in [0, 0.1) is 11.8 Å². The number of nitrogens with one attached hydrogen (secondary N) is 2. The van der Waals surface area contributed by atoms with E-state index in [2.05, 4.69) is 11.8 Å². The van der Waals surface area contributed by atoms with E-state index >= 15 is 0 Å². The van der Waals surface area contributed by atoms with E-state index in [1.807, 2.05) is 5.32 Å². The third-order valence-electron chi connectivity index (χ3n) is 4.45. The van der Waals surface area contributed by atoms with Crippen LogP contribution in [0.15, 0.2) is 53.4 Å². The molecule has 170 valence electrons. The van der Waals surface area contributed by atoms with Gasteiger partial charge >= 0.3 is 0 Å². The summed E-state index contributed by atoms with van der Waals surface area (Å²) in [6.45, 7) is 0.652. The van der Waals surface area contributed by atoms with Gasteiger partial charge in [0.15, 0.2) is 15.4 Å². The summed E-state index contributed by atoms with van der Waals surface area (Å²) < 4.78 is 49.1. The number of aliphatic hydroxyl groups is 1. The highest BCUT2D eigenvalue weighted by Gasteiger charge is 2.46. The Morgan fingerprint density at radius 2 is 1.47 bits per heavy atom. The lowest BCUT2D eigenvalue weighted by atomic mass is 9.95. The van der Waals surface area contributed by atoms with E-state index < -0.39 is 39.7 Å². The van der Waals surface area contributed by atoms with Gasteiger partial charge in [0.2, 0.25) is 0 Å². The Bertz CT molecular complexity index is 1150. The first kappa shape index (κ1) is 24.9. The standard InChI is InChI=1S/C21H20F2N2O6S/c1-21(28,20(22)23)17(19(27)25-29)24-18(26)15-9-5-13(6-10-15)3-4-14-7-11-16(12-8-14)32(2,30)31/h5-12,17,20,28-29H,1-2H3,(H,24,26)(H,25,27)/t17-,21?/m1/s1. The summed E-state index contributed by atoms with van der Waals surface area (Å²) in [5.41, 5.74) is -0.739. The highest BCUT2D eigenvalue weighted by molar-refractivity contribution is 7.90. The van der Waals surface area contributed by atoms with Crippen molar-refractivity contribution in [1.29, 1.82) is 0 Å². The molecule has 4 N–H and O–H groups in total. The molecule has 0 bridgehead atoms. The quantitative estimate of drug-likeness (QED) is 0.286. The topological polar surface area (TPSA) is 133 Å². The number of alkyl halides is 2. The number of hydroxylamine groups is 1. The molecule has 0 heterocycles. The SMILES string of the molecule is CC(O)(C(F)F)[C@H](NC(=O)c1ccc(C#Cc2ccc(S(C)(=O)=O)cc2)cc1)C(=O)NO. The fourth-order valence-electron chi connectivity index (χ4n) is 2.52. The first-order valence-electron chi connectivity index (χ1n) is 9.04. The second-order valence-electron chi connectivity index (χ2n) is 7.03. The summed E-state index contributed by atoms with van der Waals surface area (Å²) in [6, 6.07) is 9.44. The molecular weight excluding hydrogens is 446 g/mol. The molecule has 0 fully saturated rings. The molecule has 1 unspecified atom stereocenters. The van der Waals surface area contributed by atoms with Gasteiger partial charge in [-0.05, 0) is 55.5 Å². The fraction of sp³-hybridized carbons (Fsp3) is 0.238. The molecule has 0 radical (unpaired) electrons. The number of hydrogen-bond donors (Lipinski definition) is 4. The molecule has 2 aromatic rings. The fourth-order valence-corrected chi connectivity index (χ4v) is 3.15. The molecule has 0 aromatic heterocycles. The Morgan fingerprint density at radius 3 is 1.88 bits per heavy atom. The van der Waals surface area contributed by atoms with Crippen molar-refractivity contribution < 1.29 is 37.1 Å². The summed E-state index contributed by atoms with van der Waals surface area (Å²) >= 11 is 0. The Morgan fingerprint density at radius 1 is 1.00 bits per heavy atom. The largest absolute Gasteiger partial charge is 0.381 e. The number of sulfone groups is 1. The maximum absolute atomic E-state index is 13.1. The van der Waals surface area contributed by atoms with Gasteiger partial charge in [-0.25, -0.2) is 22.7 Å². The molecular formula is C21H20F2N2O6S. The molecule has 0 aliphatic heterocycles. The van der Waals surface area contributed by atoms with Crippen LogP contribution in [0.5, 0.6) is 0 Å². The van der Waals surface area contributed by atoms with Gasteiger partial charge < -0.3 is 10.4 Å².